The fraction of sp³-hybridized carbons (Fsp3) is 0.326. The van der Waals surface area contributed by atoms with Crippen LogP contribution in [0, 0.1) is 0 Å². The van der Waals surface area contributed by atoms with E-state index < -0.39 is 17.9 Å². The van der Waals surface area contributed by atoms with Crippen LogP contribution >= 0.6 is 0 Å². The predicted octanol–water partition coefficient (Wildman–Crippen LogP) is 8.41. The number of furan rings is 1. The molecule has 0 unspecified atom stereocenters. The fourth-order valence-corrected chi connectivity index (χ4v) is 5.75. The van der Waals surface area contributed by atoms with Gasteiger partial charge in [-0.2, -0.15) is 0 Å². The number of hydrogen-bond acceptors (Lipinski definition) is 7. The summed E-state index contributed by atoms with van der Waals surface area (Å²) in [5.74, 6) is -0.562. The van der Waals surface area contributed by atoms with E-state index in [2.05, 4.69) is 48.3 Å². The summed E-state index contributed by atoms with van der Waals surface area (Å²) in [7, 11) is 0. The summed E-state index contributed by atoms with van der Waals surface area (Å²) in [6.45, 7) is 9.18. The van der Waals surface area contributed by atoms with Gasteiger partial charge in [-0.05, 0) is 64.9 Å². The average Bonchev–Trinajstić information content (AvgIpc) is 3.65. The minimum absolute atomic E-state index is 0.0395. The Kier molecular flexibility index (Phi) is 13.2. The van der Waals surface area contributed by atoms with Gasteiger partial charge in [0.1, 0.15) is 17.6 Å². The van der Waals surface area contributed by atoms with Gasteiger partial charge in [-0.25, -0.2) is 14.8 Å². The Labute approximate surface area is 311 Å². The van der Waals surface area contributed by atoms with Crippen LogP contribution in [0.15, 0.2) is 102 Å². The predicted molar refractivity (Wildman–Crippen MR) is 205 cm³/mol. The molecule has 10 nitrogen and oxygen atoms in total. The van der Waals surface area contributed by atoms with E-state index in [1.54, 1.807) is 24.5 Å². The van der Waals surface area contributed by atoms with E-state index in [-0.39, 0.29) is 35.8 Å². The van der Waals surface area contributed by atoms with E-state index in [0.29, 0.717) is 11.4 Å². The molecule has 3 N–H and O–H groups in total. The van der Waals surface area contributed by atoms with Crippen molar-refractivity contribution < 1.29 is 28.6 Å². The number of carboxylic acids is 1. The Balaban J connectivity index is 1.23. The summed E-state index contributed by atoms with van der Waals surface area (Å²) in [5, 5.41) is 14.8. The highest BCUT2D eigenvalue weighted by Gasteiger charge is 2.23. The van der Waals surface area contributed by atoms with Crippen molar-refractivity contribution in [2.24, 2.45) is 0 Å². The molecule has 0 bridgehead atoms. The smallest absolute Gasteiger partial charge is 0.371 e. The van der Waals surface area contributed by atoms with Crippen LogP contribution in [-0.2, 0) is 23.2 Å². The van der Waals surface area contributed by atoms with E-state index in [9.17, 15) is 14.4 Å². The molecule has 0 spiro atoms. The lowest BCUT2D eigenvalue weighted by atomic mass is 9.86. The van der Waals surface area contributed by atoms with Crippen LogP contribution in [-0.4, -0.2) is 45.5 Å². The number of carbonyl (C=O) groups is 3. The summed E-state index contributed by atoms with van der Waals surface area (Å²) in [4.78, 5) is 47.2. The van der Waals surface area contributed by atoms with Gasteiger partial charge in [-0.15, -0.1) is 0 Å². The van der Waals surface area contributed by atoms with E-state index in [0.717, 1.165) is 46.6 Å². The first-order valence-corrected chi connectivity index (χ1v) is 18.2. The van der Waals surface area contributed by atoms with E-state index >= 15 is 0 Å². The zero-order valence-electron chi connectivity index (χ0n) is 30.9. The third kappa shape index (κ3) is 11.1. The standard InChI is InChI=1S/C43H48N4O6/c1-5-6-7-8-9-24-52-35-20-16-30(17-21-35)33-26-44-39(45-27-33)31-12-10-29(11-13-31)25-37(41(49)46-28-36-22-23-38(53-36)42(50)51)47-40(48)32-14-18-34(19-15-32)43(2,3)4/h10-23,26-27,37H,5-9,24-25,28H2,1-4H3,(H,46,49)(H,47,48)(H,50,51)/t37-/m0/s1. The van der Waals surface area contributed by atoms with Gasteiger partial charge in [-0.3, -0.25) is 9.59 Å². The van der Waals surface area contributed by atoms with E-state index in [1.165, 1.54) is 37.8 Å². The summed E-state index contributed by atoms with van der Waals surface area (Å²) >= 11 is 0. The lowest BCUT2D eigenvalue weighted by Crippen LogP contribution is -2.47. The molecule has 0 saturated heterocycles. The molecule has 276 valence electrons. The van der Waals surface area contributed by atoms with Gasteiger partial charge >= 0.3 is 5.97 Å². The second-order valence-electron chi connectivity index (χ2n) is 14.1. The van der Waals surface area contributed by atoms with Crippen molar-refractivity contribution in [3.8, 4) is 28.3 Å². The van der Waals surface area contributed by atoms with Crippen molar-refractivity contribution in [1.82, 2.24) is 20.6 Å². The van der Waals surface area contributed by atoms with Crippen LogP contribution in [0.5, 0.6) is 5.75 Å². The number of nitrogens with one attached hydrogen (secondary N) is 2. The van der Waals surface area contributed by atoms with Gasteiger partial charge in [0, 0.05) is 35.5 Å². The SMILES string of the molecule is CCCCCCCOc1ccc(-c2cnc(-c3ccc(C[C@H](NC(=O)c4ccc(C(C)(C)C)cc4)C(=O)NCc4ccc(C(=O)O)o4)cc3)nc2)cc1. The maximum atomic E-state index is 13.4. The molecule has 2 amide bonds. The quantitative estimate of drug-likeness (QED) is 0.0814. The molecule has 5 rings (SSSR count). The molecule has 0 aliphatic carbocycles. The summed E-state index contributed by atoms with van der Waals surface area (Å²) < 4.78 is 11.2. The molecule has 10 heteroatoms. The Morgan fingerprint density at radius 1 is 0.792 bits per heavy atom. The first-order chi connectivity index (χ1) is 25.5. The highest BCUT2D eigenvalue weighted by Crippen LogP contribution is 2.25. The second kappa shape index (κ2) is 18.1. The van der Waals surface area contributed by atoms with Gasteiger partial charge < -0.3 is 24.9 Å². The number of nitrogens with zero attached hydrogens (tertiary/aromatic N) is 2. The van der Waals surface area contributed by atoms with Crippen LogP contribution in [0.1, 0.15) is 97.6 Å². The fourth-order valence-electron chi connectivity index (χ4n) is 5.75. The van der Waals surface area contributed by atoms with Crippen molar-refractivity contribution in [2.45, 2.75) is 84.2 Å². The van der Waals surface area contributed by atoms with Gasteiger partial charge in [0.2, 0.25) is 11.7 Å². The lowest BCUT2D eigenvalue weighted by molar-refractivity contribution is -0.123. The molecule has 0 aliphatic heterocycles. The highest BCUT2D eigenvalue weighted by molar-refractivity contribution is 5.97. The Hall–Kier alpha value is -5.77. The molecule has 0 radical (unpaired) electrons. The van der Waals surface area contributed by atoms with Crippen LogP contribution in [0.3, 0.4) is 0 Å². The molecule has 0 saturated carbocycles. The van der Waals surface area contributed by atoms with Crippen molar-refractivity contribution in [1.29, 1.82) is 0 Å². The van der Waals surface area contributed by atoms with Crippen molar-refractivity contribution in [3.05, 3.63) is 126 Å². The molecule has 0 aliphatic rings. The number of hydrogen-bond donors (Lipinski definition) is 3. The van der Waals surface area contributed by atoms with Gasteiger partial charge in [0.05, 0.1) is 13.2 Å². The molecule has 0 fully saturated rings. The van der Waals surface area contributed by atoms with Crippen molar-refractivity contribution >= 4 is 17.8 Å². The van der Waals surface area contributed by atoms with Crippen LogP contribution < -0.4 is 15.4 Å². The number of aromatic nitrogens is 2. The van der Waals surface area contributed by atoms with Crippen LogP contribution in [0.2, 0.25) is 0 Å². The Morgan fingerprint density at radius 2 is 1.45 bits per heavy atom. The summed E-state index contributed by atoms with van der Waals surface area (Å²) in [6.07, 6.45) is 9.79. The molecule has 3 aromatic carbocycles. The molecule has 53 heavy (non-hydrogen) atoms. The Bertz CT molecular complexity index is 1940. The largest absolute Gasteiger partial charge is 0.494 e. The normalized spacial score (nSPS) is 11.8. The number of benzene rings is 3. The van der Waals surface area contributed by atoms with E-state index in [1.807, 2.05) is 60.7 Å². The molecule has 2 heterocycles. The third-order valence-electron chi connectivity index (χ3n) is 8.95. The van der Waals surface area contributed by atoms with Gasteiger partial charge in [-0.1, -0.05) is 102 Å². The summed E-state index contributed by atoms with van der Waals surface area (Å²) in [5.41, 5.74) is 4.95. The maximum absolute atomic E-state index is 13.4. The monoisotopic (exact) mass is 716 g/mol. The minimum atomic E-state index is -1.20. The topological polar surface area (TPSA) is 144 Å². The number of rotatable bonds is 17. The highest BCUT2D eigenvalue weighted by atomic mass is 16.5. The minimum Gasteiger partial charge on any atom is -0.494 e. The first kappa shape index (κ1) is 38.5. The zero-order chi connectivity index (χ0) is 37.8. The third-order valence-corrected chi connectivity index (χ3v) is 8.95. The zero-order valence-corrected chi connectivity index (χ0v) is 30.9. The van der Waals surface area contributed by atoms with Crippen molar-refractivity contribution in [3.63, 3.8) is 0 Å². The van der Waals surface area contributed by atoms with E-state index in [4.69, 9.17) is 14.3 Å². The molecular weight excluding hydrogens is 668 g/mol. The second-order valence-corrected chi connectivity index (χ2v) is 14.1. The number of aromatic carboxylic acids is 1. The molecule has 5 aromatic rings. The van der Waals surface area contributed by atoms with Crippen molar-refractivity contribution in [2.75, 3.05) is 6.61 Å². The average molecular weight is 717 g/mol. The Morgan fingerprint density at radius 3 is 2.08 bits per heavy atom. The number of carbonyl (C=O) groups excluding carboxylic acids is 2. The number of ether oxygens (including phenoxy) is 1. The molecule has 1 atom stereocenters. The number of amides is 2. The lowest BCUT2D eigenvalue weighted by Gasteiger charge is -2.20. The molecule has 2 aromatic heterocycles. The number of unbranched alkanes of at least 4 members (excludes halogenated alkanes) is 4. The van der Waals surface area contributed by atoms with Gasteiger partial charge in [0.25, 0.3) is 5.91 Å². The van der Waals surface area contributed by atoms with Crippen LogP contribution in [0.25, 0.3) is 22.5 Å². The van der Waals surface area contributed by atoms with Crippen LogP contribution in [0.4, 0.5) is 0 Å². The summed E-state index contributed by atoms with van der Waals surface area (Å²) in [6, 6.07) is 24.7. The molecular formula is C43H48N4O6. The first-order valence-electron chi connectivity index (χ1n) is 18.2. The number of carboxylic acid groups (broad SMARTS) is 1. The maximum Gasteiger partial charge on any atom is 0.371 e. The van der Waals surface area contributed by atoms with Gasteiger partial charge in [0.15, 0.2) is 5.82 Å².